The van der Waals surface area contributed by atoms with E-state index in [2.05, 4.69) is 25.8 Å². The van der Waals surface area contributed by atoms with Crippen LogP contribution in [0.25, 0.3) is 0 Å². The van der Waals surface area contributed by atoms with Crippen molar-refractivity contribution in [3.05, 3.63) is 46.7 Å². The van der Waals surface area contributed by atoms with Gasteiger partial charge in [0.1, 0.15) is 0 Å². The molecule has 0 fully saturated rings. The first-order chi connectivity index (χ1) is 10.9. The Morgan fingerprint density at radius 2 is 1.78 bits per heavy atom. The van der Waals surface area contributed by atoms with E-state index in [-0.39, 0.29) is 0 Å². The van der Waals surface area contributed by atoms with Crippen LogP contribution >= 0.6 is 0 Å². The van der Waals surface area contributed by atoms with Crippen LogP contribution in [-0.2, 0) is 0 Å². The van der Waals surface area contributed by atoms with E-state index >= 15 is 0 Å². The van der Waals surface area contributed by atoms with Crippen molar-refractivity contribution < 1.29 is 8.78 Å². The summed E-state index contributed by atoms with van der Waals surface area (Å²) >= 11 is 0. The molecule has 0 aromatic heterocycles. The molecular weight excluding hydrogens is 292 g/mol. The van der Waals surface area contributed by atoms with Crippen LogP contribution in [0.3, 0.4) is 0 Å². The van der Waals surface area contributed by atoms with E-state index < -0.39 is 11.6 Å². The lowest BCUT2D eigenvalue weighted by Crippen LogP contribution is -2.03. The van der Waals surface area contributed by atoms with Crippen LogP contribution in [0.4, 0.5) is 8.78 Å². The van der Waals surface area contributed by atoms with Crippen molar-refractivity contribution in [1.29, 1.82) is 0 Å². The Hall–Kier alpha value is -1.51. The molecule has 1 atom stereocenters. The van der Waals surface area contributed by atoms with Crippen LogP contribution in [0.5, 0.6) is 0 Å². The second-order valence-corrected chi connectivity index (χ2v) is 6.20. The molecule has 1 nitrogen and oxygen atoms in total. The highest BCUT2D eigenvalue weighted by Gasteiger charge is 2.11. The van der Waals surface area contributed by atoms with Gasteiger partial charge in [0.2, 0.25) is 0 Å². The quantitative estimate of drug-likeness (QED) is 0.374. The zero-order valence-corrected chi connectivity index (χ0v) is 15.0. The number of hydrogen-bond donors (Lipinski definition) is 0. The standard InChI is InChI=1S/C20H29F2N/c1-6-8-9-10-18(14(3)7-2)16(5)23-15(4)17-11-12-19(21)20(22)13-17/h11-14H,6-10H2,1-5H3/b18-16-,23-15?. The minimum Gasteiger partial charge on any atom is -0.258 e. The Bertz CT molecular complexity index is 573. The highest BCUT2D eigenvalue weighted by atomic mass is 19.2. The van der Waals surface area contributed by atoms with Gasteiger partial charge >= 0.3 is 0 Å². The second-order valence-electron chi connectivity index (χ2n) is 6.20. The molecule has 0 bridgehead atoms. The first-order valence-corrected chi connectivity index (χ1v) is 8.61. The zero-order valence-electron chi connectivity index (χ0n) is 15.0. The Morgan fingerprint density at radius 3 is 2.35 bits per heavy atom. The van der Waals surface area contributed by atoms with Crippen LogP contribution in [0.15, 0.2) is 34.5 Å². The summed E-state index contributed by atoms with van der Waals surface area (Å²) in [4.78, 5) is 4.67. The van der Waals surface area contributed by atoms with E-state index in [1.54, 1.807) is 6.07 Å². The molecule has 0 saturated carbocycles. The number of nitrogens with zero attached hydrogens (tertiary/aromatic N) is 1. The molecule has 1 unspecified atom stereocenters. The minimum atomic E-state index is -0.830. The first-order valence-electron chi connectivity index (χ1n) is 8.61. The number of aliphatic imine (C=N–C) groups is 1. The molecule has 1 aromatic carbocycles. The fourth-order valence-electron chi connectivity index (χ4n) is 2.70. The lowest BCUT2D eigenvalue weighted by molar-refractivity contribution is 0.508. The maximum absolute atomic E-state index is 13.4. The summed E-state index contributed by atoms with van der Waals surface area (Å²) in [7, 11) is 0. The Kier molecular flexibility index (Phi) is 8.15. The number of allylic oxidation sites excluding steroid dienone is 2. The number of benzene rings is 1. The topological polar surface area (TPSA) is 12.4 Å². The van der Waals surface area contributed by atoms with Crippen molar-refractivity contribution in [3.63, 3.8) is 0 Å². The maximum Gasteiger partial charge on any atom is 0.159 e. The monoisotopic (exact) mass is 321 g/mol. The molecule has 0 N–H and O–H groups in total. The van der Waals surface area contributed by atoms with Gasteiger partial charge in [0.25, 0.3) is 0 Å². The van der Waals surface area contributed by atoms with E-state index in [1.807, 2.05) is 13.8 Å². The molecule has 0 amide bonds. The van der Waals surface area contributed by atoms with Crippen LogP contribution in [-0.4, -0.2) is 5.71 Å². The number of unbranched alkanes of at least 4 members (excludes halogenated alkanes) is 2. The van der Waals surface area contributed by atoms with E-state index in [9.17, 15) is 8.78 Å². The molecule has 0 aliphatic carbocycles. The Balaban J connectivity index is 3.07. The SMILES string of the molecule is CCCCC/C(=C(\C)N=C(C)c1ccc(F)c(F)c1)C(C)CC. The van der Waals surface area contributed by atoms with Crippen molar-refractivity contribution in [2.75, 3.05) is 0 Å². The minimum absolute atomic E-state index is 0.494. The zero-order chi connectivity index (χ0) is 17.4. The molecule has 0 saturated heterocycles. The maximum atomic E-state index is 13.4. The summed E-state index contributed by atoms with van der Waals surface area (Å²) in [5.74, 6) is -1.16. The van der Waals surface area contributed by atoms with Crippen LogP contribution in [0.2, 0.25) is 0 Å². The summed E-state index contributed by atoms with van der Waals surface area (Å²) < 4.78 is 26.4. The molecular formula is C20H29F2N. The van der Waals surface area contributed by atoms with Gasteiger partial charge in [0.05, 0.1) is 0 Å². The highest BCUT2D eigenvalue weighted by Crippen LogP contribution is 2.25. The summed E-state index contributed by atoms with van der Waals surface area (Å²) in [6.45, 7) is 10.5. The van der Waals surface area contributed by atoms with Crippen molar-refractivity contribution in [2.24, 2.45) is 10.9 Å². The fraction of sp³-hybridized carbons (Fsp3) is 0.550. The van der Waals surface area contributed by atoms with E-state index in [4.69, 9.17) is 0 Å². The average molecular weight is 321 g/mol. The van der Waals surface area contributed by atoms with Crippen molar-refractivity contribution in [3.8, 4) is 0 Å². The molecule has 128 valence electrons. The Labute approximate surface area is 139 Å². The predicted molar refractivity (Wildman–Crippen MR) is 94.9 cm³/mol. The summed E-state index contributed by atoms with van der Waals surface area (Å²) in [5.41, 5.74) is 3.73. The molecule has 0 aliphatic heterocycles. The number of hydrogen-bond acceptors (Lipinski definition) is 1. The molecule has 1 rings (SSSR count). The van der Waals surface area contributed by atoms with Crippen molar-refractivity contribution >= 4 is 5.71 Å². The van der Waals surface area contributed by atoms with Gasteiger partial charge in [-0.3, -0.25) is 4.99 Å². The molecule has 3 heteroatoms. The largest absolute Gasteiger partial charge is 0.258 e. The van der Waals surface area contributed by atoms with Gasteiger partial charge in [-0.25, -0.2) is 8.78 Å². The summed E-state index contributed by atoms with van der Waals surface area (Å²) in [5, 5.41) is 0. The molecule has 1 aromatic rings. The van der Waals surface area contributed by atoms with Gasteiger partial charge in [-0.2, -0.15) is 0 Å². The van der Waals surface area contributed by atoms with E-state index in [0.717, 1.165) is 30.3 Å². The summed E-state index contributed by atoms with van der Waals surface area (Å²) in [6.07, 6.45) is 5.73. The molecule has 0 aliphatic rings. The van der Waals surface area contributed by atoms with Crippen LogP contribution in [0.1, 0.15) is 72.3 Å². The fourth-order valence-corrected chi connectivity index (χ4v) is 2.70. The van der Waals surface area contributed by atoms with Gasteiger partial charge in [-0.1, -0.05) is 39.7 Å². The third-order valence-electron chi connectivity index (χ3n) is 4.39. The Morgan fingerprint density at radius 1 is 1.09 bits per heavy atom. The van der Waals surface area contributed by atoms with Crippen LogP contribution in [0, 0.1) is 17.6 Å². The first kappa shape index (κ1) is 19.5. The van der Waals surface area contributed by atoms with Gasteiger partial charge in [-0.05, 0) is 62.3 Å². The van der Waals surface area contributed by atoms with Gasteiger partial charge in [-0.15, -0.1) is 0 Å². The average Bonchev–Trinajstić information content (AvgIpc) is 2.53. The highest BCUT2D eigenvalue weighted by molar-refractivity contribution is 5.99. The van der Waals surface area contributed by atoms with Crippen LogP contribution < -0.4 is 0 Å². The lowest BCUT2D eigenvalue weighted by atomic mass is 9.92. The van der Waals surface area contributed by atoms with E-state index in [0.29, 0.717) is 11.5 Å². The third kappa shape index (κ3) is 5.89. The van der Waals surface area contributed by atoms with Crippen molar-refractivity contribution in [1.82, 2.24) is 0 Å². The van der Waals surface area contributed by atoms with Gasteiger partial charge in [0, 0.05) is 11.4 Å². The lowest BCUT2D eigenvalue weighted by Gasteiger charge is -2.17. The van der Waals surface area contributed by atoms with Crippen molar-refractivity contribution in [2.45, 2.75) is 66.7 Å². The number of halogens is 2. The smallest absolute Gasteiger partial charge is 0.159 e. The summed E-state index contributed by atoms with van der Waals surface area (Å²) in [6, 6.07) is 3.94. The third-order valence-corrected chi connectivity index (χ3v) is 4.39. The normalized spacial score (nSPS) is 14.7. The van der Waals surface area contributed by atoms with E-state index in [1.165, 1.54) is 30.9 Å². The number of rotatable bonds is 8. The predicted octanol–water partition coefficient (Wildman–Crippen LogP) is 6.67. The second kappa shape index (κ2) is 9.59. The van der Waals surface area contributed by atoms with Gasteiger partial charge in [0.15, 0.2) is 11.6 Å². The molecule has 23 heavy (non-hydrogen) atoms. The molecule has 0 heterocycles. The molecule has 0 radical (unpaired) electrons. The van der Waals surface area contributed by atoms with Gasteiger partial charge < -0.3 is 0 Å². The molecule has 0 spiro atoms.